The number of benzene rings is 2. The topological polar surface area (TPSA) is 9.23 Å². The molecule has 2 aromatic carbocycles. The standard InChI is InChI=1S/C23H24F6O/c1-12-5-6-20(30-11-12)16-7-13(2)21(14(3)8-16)17-9-18(22(24,25)26)15(4)19(10-17)23(27,28)29/h7-10,12,20H,5-6,11H2,1-4H3. The fourth-order valence-electron chi connectivity index (χ4n) is 4.23. The van der Waals surface area contributed by atoms with Gasteiger partial charge in [0.25, 0.3) is 0 Å². The molecule has 164 valence electrons. The van der Waals surface area contributed by atoms with E-state index in [2.05, 4.69) is 6.92 Å². The van der Waals surface area contributed by atoms with Gasteiger partial charge in [-0.15, -0.1) is 0 Å². The zero-order valence-electron chi connectivity index (χ0n) is 17.3. The van der Waals surface area contributed by atoms with E-state index in [4.69, 9.17) is 4.74 Å². The molecule has 0 bridgehead atoms. The van der Waals surface area contributed by atoms with Gasteiger partial charge >= 0.3 is 12.4 Å². The van der Waals surface area contributed by atoms with Crippen molar-refractivity contribution < 1.29 is 31.1 Å². The lowest BCUT2D eigenvalue weighted by atomic mass is 9.87. The largest absolute Gasteiger partial charge is 0.416 e. The van der Waals surface area contributed by atoms with Gasteiger partial charge in [0.1, 0.15) is 0 Å². The van der Waals surface area contributed by atoms with Gasteiger partial charge in [0.15, 0.2) is 0 Å². The van der Waals surface area contributed by atoms with E-state index in [1.807, 2.05) is 12.1 Å². The van der Waals surface area contributed by atoms with E-state index in [9.17, 15) is 26.3 Å². The molecule has 0 aromatic heterocycles. The van der Waals surface area contributed by atoms with E-state index in [-0.39, 0.29) is 11.7 Å². The summed E-state index contributed by atoms with van der Waals surface area (Å²) in [7, 11) is 0. The van der Waals surface area contributed by atoms with Crippen molar-refractivity contribution in [2.45, 2.75) is 59.0 Å². The van der Waals surface area contributed by atoms with Crippen LogP contribution in [0.5, 0.6) is 0 Å². The SMILES string of the molecule is Cc1cc(C2CCC(C)CO2)cc(C)c1-c1cc(C(F)(F)F)c(C)c(C(F)(F)F)c1. The number of rotatable bonds is 2. The second kappa shape index (κ2) is 7.91. The van der Waals surface area contributed by atoms with Gasteiger partial charge in [0, 0.05) is 6.61 Å². The molecule has 0 aliphatic carbocycles. The Balaban J connectivity index is 2.13. The van der Waals surface area contributed by atoms with E-state index in [0.29, 0.717) is 29.2 Å². The van der Waals surface area contributed by atoms with Crippen molar-refractivity contribution >= 4 is 0 Å². The molecular formula is C23H24F6O. The minimum Gasteiger partial charge on any atom is -0.373 e. The molecule has 2 atom stereocenters. The first kappa shape index (κ1) is 22.7. The predicted octanol–water partition coefficient (Wildman–Crippen LogP) is 7.80. The molecule has 3 rings (SSSR count). The average Bonchev–Trinajstić information content (AvgIpc) is 2.60. The zero-order valence-corrected chi connectivity index (χ0v) is 17.3. The molecule has 2 unspecified atom stereocenters. The van der Waals surface area contributed by atoms with Gasteiger partial charge < -0.3 is 4.74 Å². The van der Waals surface area contributed by atoms with E-state index in [1.54, 1.807) is 13.8 Å². The molecular weight excluding hydrogens is 406 g/mol. The third-order valence-electron chi connectivity index (χ3n) is 5.74. The Kier molecular flexibility index (Phi) is 5.98. The van der Waals surface area contributed by atoms with E-state index in [1.165, 1.54) is 0 Å². The smallest absolute Gasteiger partial charge is 0.373 e. The zero-order chi connectivity index (χ0) is 22.4. The van der Waals surface area contributed by atoms with Crippen molar-refractivity contribution in [3.05, 3.63) is 57.6 Å². The van der Waals surface area contributed by atoms with Gasteiger partial charge in [0.05, 0.1) is 17.2 Å². The Morgan fingerprint density at radius 2 is 1.30 bits per heavy atom. The van der Waals surface area contributed by atoms with Crippen LogP contribution >= 0.6 is 0 Å². The van der Waals surface area contributed by atoms with Crippen LogP contribution in [0, 0.1) is 26.7 Å². The molecule has 1 fully saturated rings. The van der Waals surface area contributed by atoms with Crippen LogP contribution in [-0.4, -0.2) is 6.61 Å². The molecule has 0 radical (unpaired) electrons. The number of alkyl halides is 6. The van der Waals surface area contributed by atoms with Crippen molar-refractivity contribution in [2.75, 3.05) is 6.61 Å². The number of aryl methyl sites for hydroxylation is 2. The van der Waals surface area contributed by atoms with Crippen LogP contribution in [0.15, 0.2) is 24.3 Å². The molecule has 0 saturated carbocycles. The maximum atomic E-state index is 13.5. The Labute approximate surface area is 172 Å². The lowest BCUT2D eigenvalue weighted by Crippen LogP contribution is -2.18. The molecule has 1 nitrogen and oxygen atoms in total. The summed E-state index contributed by atoms with van der Waals surface area (Å²) in [4.78, 5) is 0. The minimum atomic E-state index is -4.88. The van der Waals surface area contributed by atoms with Gasteiger partial charge in [-0.2, -0.15) is 26.3 Å². The quantitative estimate of drug-likeness (QED) is 0.442. The van der Waals surface area contributed by atoms with Crippen molar-refractivity contribution in [2.24, 2.45) is 5.92 Å². The molecule has 0 spiro atoms. The fourth-order valence-corrected chi connectivity index (χ4v) is 4.23. The number of halogens is 6. The van der Waals surface area contributed by atoms with Crippen LogP contribution in [0.25, 0.3) is 11.1 Å². The monoisotopic (exact) mass is 430 g/mol. The van der Waals surface area contributed by atoms with Crippen LogP contribution in [0.3, 0.4) is 0 Å². The van der Waals surface area contributed by atoms with Crippen LogP contribution in [0.4, 0.5) is 26.3 Å². The van der Waals surface area contributed by atoms with Gasteiger partial charge in [0.2, 0.25) is 0 Å². The lowest BCUT2D eigenvalue weighted by molar-refractivity contribution is -0.143. The summed E-state index contributed by atoms with van der Waals surface area (Å²) in [6.45, 7) is 7.00. The van der Waals surface area contributed by atoms with Gasteiger partial charge in [-0.1, -0.05) is 19.1 Å². The van der Waals surface area contributed by atoms with Crippen molar-refractivity contribution in [3.8, 4) is 11.1 Å². The second-order valence-corrected chi connectivity index (χ2v) is 8.23. The predicted molar refractivity (Wildman–Crippen MR) is 103 cm³/mol. The molecule has 1 heterocycles. The summed E-state index contributed by atoms with van der Waals surface area (Å²) in [6.07, 6.45) is -8.03. The first-order chi connectivity index (χ1) is 13.8. The number of hydrogen-bond donors (Lipinski definition) is 0. The van der Waals surface area contributed by atoms with Gasteiger partial charge in [-0.25, -0.2) is 0 Å². The normalized spacial score (nSPS) is 20.5. The van der Waals surface area contributed by atoms with Gasteiger partial charge in [-0.05, 0) is 85.0 Å². The first-order valence-electron chi connectivity index (χ1n) is 9.81. The maximum Gasteiger partial charge on any atom is 0.416 e. The molecule has 7 heteroatoms. The van der Waals surface area contributed by atoms with Crippen LogP contribution in [-0.2, 0) is 17.1 Å². The van der Waals surface area contributed by atoms with Crippen molar-refractivity contribution in [1.82, 2.24) is 0 Å². The average molecular weight is 430 g/mol. The van der Waals surface area contributed by atoms with Crippen molar-refractivity contribution in [1.29, 1.82) is 0 Å². The maximum absolute atomic E-state index is 13.5. The minimum absolute atomic E-state index is 0.0833. The van der Waals surface area contributed by atoms with Crippen LogP contribution in [0.1, 0.15) is 59.3 Å². The van der Waals surface area contributed by atoms with Crippen LogP contribution in [0.2, 0.25) is 0 Å². The van der Waals surface area contributed by atoms with Crippen LogP contribution < -0.4 is 0 Å². The molecule has 2 aromatic rings. The Hall–Kier alpha value is -2.02. The van der Waals surface area contributed by atoms with E-state index in [0.717, 1.165) is 37.5 Å². The highest BCUT2D eigenvalue weighted by Crippen LogP contribution is 2.43. The Morgan fingerprint density at radius 3 is 1.70 bits per heavy atom. The highest BCUT2D eigenvalue weighted by Gasteiger charge is 2.40. The first-order valence-corrected chi connectivity index (χ1v) is 9.81. The Bertz CT molecular complexity index is 876. The summed E-state index contributed by atoms with van der Waals surface area (Å²) in [5, 5.41) is 0. The highest BCUT2D eigenvalue weighted by atomic mass is 19.4. The molecule has 1 aliphatic rings. The molecule has 0 amide bonds. The third kappa shape index (κ3) is 4.51. The summed E-state index contributed by atoms with van der Waals surface area (Å²) < 4.78 is 86.7. The third-order valence-corrected chi connectivity index (χ3v) is 5.74. The van der Waals surface area contributed by atoms with Gasteiger partial charge in [-0.3, -0.25) is 0 Å². The second-order valence-electron chi connectivity index (χ2n) is 8.23. The van der Waals surface area contributed by atoms with E-state index < -0.39 is 29.0 Å². The summed E-state index contributed by atoms with van der Waals surface area (Å²) in [5.41, 5.74) is -0.886. The summed E-state index contributed by atoms with van der Waals surface area (Å²) >= 11 is 0. The molecule has 0 N–H and O–H groups in total. The molecule has 30 heavy (non-hydrogen) atoms. The molecule has 1 aliphatic heterocycles. The Morgan fingerprint density at radius 1 is 0.800 bits per heavy atom. The van der Waals surface area contributed by atoms with Crippen molar-refractivity contribution in [3.63, 3.8) is 0 Å². The molecule has 1 saturated heterocycles. The summed E-state index contributed by atoms with van der Waals surface area (Å²) in [5.74, 6) is 0.469. The lowest BCUT2D eigenvalue weighted by Gasteiger charge is -2.28. The number of ether oxygens (including phenoxy) is 1. The van der Waals surface area contributed by atoms with E-state index >= 15 is 0 Å². The highest BCUT2D eigenvalue weighted by molar-refractivity contribution is 5.73. The number of hydrogen-bond acceptors (Lipinski definition) is 1. The fraction of sp³-hybridized carbons (Fsp3) is 0.478. The summed E-state index contributed by atoms with van der Waals surface area (Å²) in [6, 6.07) is 5.25.